The molecule has 2 amide bonds. The Morgan fingerprint density at radius 3 is 2.24 bits per heavy atom. The maximum Gasteiger partial charge on any atom is 0.417 e. The van der Waals surface area contributed by atoms with Gasteiger partial charge in [-0.2, -0.15) is 31.4 Å². The van der Waals surface area contributed by atoms with Crippen LogP contribution in [-0.2, 0) is 12.4 Å². The number of anilines is 1. The zero-order chi connectivity index (χ0) is 25.5. The van der Waals surface area contributed by atoms with Crippen molar-refractivity contribution in [2.75, 3.05) is 11.9 Å². The first-order valence-corrected chi connectivity index (χ1v) is 10.4. The normalized spacial score (nSPS) is 18.6. The molecule has 1 aliphatic rings. The summed E-state index contributed by atoms with van der Waals surface area (Å²) < 4.78 is 77.5. The molecule has 1 N–H and O–H groups in total. The maximum atomic E-state index is 13.1. The van der Waals surface area contributed by atoms with Crippen LogP contribution in [0.1, 0.15) is 30.0 Å². The van der Waals surface area contributed by atoms with Crippen molar-refractivity contribution in [3.05, 3.63) is 75.8 Å². The summed E-state index contributed by atoms with van der Waals surface area (Å²) in [6.45, 7) is 5.34. The van der Waals surface area contributed by atoms with Crippen molar-refractivity contribution in [2.45, 2.75) is 25.7 Å². The van der Waals surface area contributed by atoms with E-state index in [4.69, 9.17) is 23.2 Å². The van der Waals surface area contributed by atoms with Crippen LogP contribution in [0, 0.1) is 5.41 Å². The fourth-order valence-corrected chi connectivity index (χ4v) is 4.17. The number of urea groups is 1. The Bertz CT molecular complexity index is 1140. The maximum absolute atomic E-state index is 13.1. The third kappa shape index (κ3) is 5.67. The van der Waals surface area contributed by atoms with Crippen molar-refractivity contribution in [3.8, 4) is 0 Å². The molecule has 0 fully saturated rings. The van der Waals surface area contributed by atoms with Crippen molar-refractivity contribution in [3.63, 3.8) is 0 Å². The molecule has 2 aromatic carbocycles. The van der Waals surface area contributed by atoms with E-state index in [1.165, 1.54) is 6.07 Å². The molecule has 0 saturated carbocycles. The second kappa shape index (κ2) is 9.14. The van der Waals surface area contributed by atoms with E-state index >= 15 is 0 Å². The molecular formula is C22H17Cl2F6N3O. The molecular weight excluding hydrogens is 507 g/mol. The summed E-state index contributed by atoms with van der Waals surface area (Å²) >= 11 is 11.8. The van der Waals surface area contributed by atoms with Gasteiger partial charge in [0.05, 0.1) is 28.4 Å². The molecule has 0 aromatic heterocycles. The molecule has 1 atom stereocenters. The van der Waals surface area contributed by atoms with Gasteiger partial charge in [0, 0.05) is 16.1 Å². The summed E-state index contributed by atoms with van der Waals surface area (Å²) in [5, 5.41) is 7.44. The van der Waals surface area contributed by atoms with E-state index in [9.17, 15) is 31.1 Å². The number of allylic oxidation sites excluding steroid dienone is 1. The second-order valence-electron chi connectivity index (χ2n) is 7.96. The Balaban J connectivity index is 1.90. The monoisotopic (exact) mass is 523 g/mol. The third-order valence-electron chi connectivity index (χ3n) is 5.12. The summed E-state index contributed by atoms with van der Waals surface area (Å²) in [5.74, 6) is 0. The van der Waals surface area contributed by atoms with Crippen molar-refractivity contribution < 1.29 is 31.1 Å². The molecule has 0 bridgehead atoms. The van der Waals surface area contributed by atoms with Crippen molar-refractivity contribution in [2.24, 2.45) is 10.5 Å². The zero-order valence-electron chi connectivity index (χ0n) is 17.5. The SMILES string of the molecule is C=C(Cl)CC1(C)CN(C(=O)Nc2ccc(C(F)(F)F)cc2)N=C1c1ccc(C(F)(F)F)c(Cl)c1. The number of carbonyl (C=O) groups excluding carboxylic acids is 1. The number of halogens is 8. The van der Waals surface area contributed by atoms with Gasteiger partial charge in [0.2, 0.25) is 0 Å². The molecule has 182 valence electrons. The number of alkyl halides is 6. The lowest BCUT2D eigenvalue weighted by atomic mass is 9.79. The molecule has 0 spiro atoms. The average molecular weight is 524 g/mol. The summed E-state index contributed by atoms with van der Waals surface area (Å²) in [6, 6.07) is 6.20. The van der Waals surface area contributed by atoms with E-state index in [1.54, 1.807) is 6.92 Å². The lowest BCUT2D eigenvalue weighted by molar-refractivity contribution is -0.138. The van der Waals surface area contributed by atoms with Gasteiger partial charge in [-0.05, 0) is 48.4 Å². The second-order valence-corrected chi connectivity index (χ2v) is 8.90. The molecule has 1 heterocycles. The number of benzene rings is 2. The van der Waals surface area contributed by atoms with E-state index in [0.717, 1.165) is 41.4 Å². The van der Waals surface area contributed by atoms with E-state index in [2.05, 4.69) is 17.0 Å². The molecule has 0 saturated heterocycles. The first kappa shape index (κ1) is 25.9. The molecule has 1 unspecified atom stereocenters. The molecule has 12 heteroatoms. The smallest absolute Gasteiger partial charge is 0.306 e. The van der Waals surface area contributed by atoms with E-state index < -0.39 is 39.9 Å². The first-order chi connectivity index (χ1) is 15.6. The minimum atomic E-state index is -4.64. The van der Waals surface area contributed by atoms with Crippen LogP contribution in [0.4, 0.5) is 36.8 Å². The number of amides is 2. The highest BCUT2D eigenvalue weighted by Crippen LogP contribution is 2.40. The number of nitrogens with one attached hydrogen (secondary N) is 1. The first-order valence-electron chi connectivity index (χ1n) is 9.65. The highest BCUT2D eigenvalue weighted by molar-refractivity contribution is 6.32. The minimum absolute atomic E-state index is 0.0147. The highest BCUT2D eigenvalue weighted by atomic mass is 35.5. The molecule has 0 radical (unpaired) electrons. The zero-order valence-corrected chi connectivity index (χ0v) is 19.0. The molecule has 34 heavy (non-hydrogen) atoms. The summed E-state index contributed by atoms with van der Waals surface area (Å²) in [6.07, 6.45) is -9.02. The Morgan fingerprint density at radius 2 is 1.74 bits per heavy atom. The number of hydrazone groups is 1. The molecule has 4 nitrogen and oxygen atoms in total. The van der Waals surface area contributed by atoms with Crippen molar-refractivity contribution in [1.29, 1.82) is 0 Å². The Morgan fingerprint density at radius 1 is 1.12 bits per heavy atom. The van der Waals surface area contributed by atoms with Crippen LogP contribution in [0.3, 0.4) is 0 Å². The summed E-state index contributed by atoms with van der Waals surface area (Å²) in [7, 11) is 0. The van der Waals surface area contributed by atoms with Gasteiger partial charge in [-0.15, -0.1) is 0 Å². The minimum Gasteiger partial charge on any atom is -0.306 e. The van der Waals surface area contributed by atoms with Gasteiger partial charge < -0.3 is 5.32 Å². The fourth-order valence-electron chi connectivity index (χ4n) is 3.59. The van der Waals surface area contributed by atoms with Crippen LogP contribution in [0.5, 0.6) is 0 Å². The number of hydrogen-bond acceptors (Lipinski definition) is 2. The van der Waals surface area contributed by atoms with Gasteiger partial charge in [-0.3, -0.25) is 0 Å². The average Bonchev–Trinajstić information content (AvgIpc) is 3.03. The Labute approximate surface area is 200 Å². The number of rotatable bonds is 4. The molecule has 2 aromatic rings. The van der Waals surface area contributed by atoms with Crippen molar-refractivity contribution in [1.82, 2.24) is 5.01 Å². The Hall–Kier alpha value is -2.72. The van der Waals surface area contributed by atoms with Crippen LogP contribution in [0.2, 0.25) is 5.02 Å². The van der Waals surface area contributed by atoms with Crippen molar-refractivity contribution >= 4 is 40.6 Å². The van der Waals surface area contributed by atoms with Crippen LogP contribution >= 0.6 is 23.2 Å². The predicted octanol–water partition coefficient (Wildman–Crippen LogP) is 7.78. The topological polar surface area (TPSA) is 44.7 Å². The Kier molecular flexibility index (Phi) is 6.96. The van der Waals surface area contributed by atoms with E-state index in [-0.39, 0.29) is 35.0 Å². The quantitative estimate of drug-likeness (QED) is 0.408. The fraction of sp³-hybridized carbons (Fsp3) is 0.273. The summed E-state index contributed by atoms with van der Waals surface area (Å²) in [4.78, 5) is 12.8. The van der Waals surface area contributed by atoms with Gasteiger partial charge in [-0.1, -0.05) is 42.8 Å². The predicted molar refractivity (Wildman–Crippen MR) is 118 cm³/mol. The van der Waals surface area contributed by atoms with Crippen LogP contribution < -0.4 is 5.32 Å². The largest absolute Gasteiger partial charge is 0.417 e. The van der Waals surface area contributed by atoms with Gasteiger partial charge >= 0.3 is 18.4 Å². The van der Waals surface area contributed by atoms with Gasteiger partial charge in [0.25, 0.3) is 0 Å². The standard InChI is InChI=1S/C22H17Cl2F6N3O/c1-12(23)10-20(2)11-33(19(34)31-15-6-4-14(5-7-15)21(25,26)27)32-18(20)13-3-8-16(17(24)9-13)22(28,29)30/h3-9H,1,10-11H2,2H3,(H,31,34). The summed E-state index contributed by atoms with van der Waals surface area (Å²) in [5.41, 5.74) is -2.20. The van der Waals surface area contributed by atoms with Crippen LogP contribution in [-0.4, -0.2) is 23.3 Å². The van der Waals surface area contributed by atoms with Gasteiger partial charge in [0.1, 0.15) is 0 Å². The molecule has 0 aliphatic carbocycles. The number of nitrogens with zero attached hydrogens (tertiary/aromatic N) is 2. The van der Waals surface area contributed by atoms with E-state index in [1.807, 2.05) is 0 Å². The lowest BCUT2D eigenvalue weighted by Crippen LogP contribution is -2.35. The third-order valence-corrected chi connectivity index (χ3v) is 5.57. The molecule has 1 aliphatic heterocycles. The number of hydrogen-bond donors (Lipinski definition) is 1. The van der Waals surface area contributed by atoms with Gasteiger partial charge in [0.15, 0.2) is 0 Å². The van der Waals surface area contributed by atoms with Gasteiger partial charge in [-0.25, -0.2) is 9.80 Å². The number of carbonyl (C=O) groups is 1. The van der Waals surface area contributed by atoms with Crippen LogP contribution in [0.25, 0.3) is 0 Å². The lowest BCUT2D eigenvalue weighted by Gasteiger charge is -2.26. The molecule has 3 rings (SSSR count). The van der Waals surface area contributed by atoms with Crippen LogP contribution in [0.15, 0.2) is 59.2 Å². The highest BCUT2D eigenvalue weighted by Gasteiger charge is 2.42. The van der Waals surface area contributed by atoms with E-state index in [0.29, 0.717) is 0 Å².